The summed E-state index contributed by atoms with van der Waals surface area (Å²) in [7, 11) is 0. The summed E-state index contributed by atoms with van der Waals surface area (Å²) in [6, 6.07) is 8.89. The van der Waals surface area contributed by atoms with E-state index >= 15 is 0 Å². The van der Waals surface area contributed by atoms with Crippen LogP contribution in [0.2, 0.25) is 5.02 Å². The van der Waals surface area contributed by atoms with Gasteiger partial charge in [-0.25, -0.2) is 0 Å². The first-order valence-electron chi connectivity index (χ1n) is 6.97. The monoisotopic (exact) mass is 265 g/mol. The van der Waals surface area contributed by atoms with Crippen LogP contribution in [-0.4, -0.2) is 12.6 Å². The van der Waals surface area contributed by atoms with Gasteiger partial charge in [-0.2, -0.15) is 0 Å². The van der Waals surface area contributed by atoms with Gasteiger partial charge in [-0.15, -0.1) is 0 Å². The molecule has 1 nitrogen and oxygen atoms in total. The van der Waals surface area contributed by atoms with Crippen LogP contribution < -0.4 is 5.32 Å². The molecule has 1 aliphatic carbocycles. The minimum Gasteiger partial charge on any atom is -0.314 e. The third-order valence-electron chi connectivity index (χ3n) is 4.00. The lowest BCUT2D eigenvalue weighted by atomic mass is 9.78. The molecule has 18 heavy (non-hydrogen) atoms. The van der Waals surface area contributed by atoms with Crippen molar-refractivity contribution in [2.45, 2.75) is 46.1 Å². The van der Waals surface area contributed by atoms with Crippen LogP contribution in [0.25, 0.3) is 0 Å². The fourth-order valence-corrected chi connectivity index (χ4v) is 2.76. The van der Waals surface area contributed by atoms with Gasteiger partial charge < -0.3 is 5.32 Å². The minimum absolute atomic E-state index is 0.387. The molecule has 0 aliphatic heterocycles. The van der Waals surface area contributed by atoms with Crippen molar-refractivity contribution in [3.8, 4) is 0 Å². The van der Waals surface area contributed by atoms with Gasteiger partial charge in [0, 0.05) is 17.6 Å². The largest absolute Gasteiger partial charge is 0.314 e. The van der Waals surface area contributed by atoms with Gasteiger partial charge in [0.1, 0.15) is 0 Å². The van der Waals surface area contributed by atoms with Gasteiger partial charge in [0.2, 0.25) is 0 Å². The average Bonchev–Trinajstić information content (AvgIpc) is 3.14. The van der Waals surface area contributed by atoms with Gasteiger partial charge in [0.05, 0.1) is 0 Å². The van der Waals surface area contributed by atoms with E-state index in [0.29, 0.717) is 11.5 Å². The number of rotatable bonds is 6. The Bertz CT molecular complexity index is 381. The van der Waals surface area contributed by atoms with Crippen LogP contribution in [0.5, 0.6) is 0 Å². The molecule has 1 aromatic rings. The summed E-state index contributed by atoms with van der Waals surface area (Å²) in [5.41, 5.74) is 1.79. The number of halogens is 1. The first-order valence-corrected chi connectivity index (χ1v) is 7.35. The smallest absolute Gasteiger partial charge is 0.0406 e. The second kappa shape index (κ2) is 5.63. The van der Waals surface area contributed by atoms with Gasteiger partial charge in [-0.3, -0.25) is 0 Å². The number of hydrogen-bond acceptors (Lipinski definition) is 1. The topological polar surface area (TPSA) is 12.0 Å². The van der Waals surface area contributed by atoms with Gasteiger partial charge in [0.15, 0.2) is 0 Å². The van der Waals surface area contributed by atoms with Crippen molar-refractivity contribution >= 4 is 11.6 Å². The van der Waals surface area contributed by atoms with Crippen LogP contribution in [0.1, 0.15) is 39.2 Å². The molecule has 1 N–H and O–H groups in total. The summed E-state index contributed by atoms with van der Waals surface area (Å²) < 4.78 is 0. The summed E-state index contributed by atoms with van der Waals surface area (Å²) in [6.07, 6.45) is 3.93. The first-order chi connectivity index (χ1) is 8.49. The Labute approximate surface area is 116 Å². The Morgan fingerprint density at radius 2 is 1.89 bits per heavy atom. The lowest BCUT2D eigenvalue weighted by Crippen LogP contribution is -2.38. The highest BCUT2D eigenvalue weighted by molar-refractivity contribution is 6.30. The van der Waals surface area contributed by atoms with E-state index in [-0.39, 0.29) is 0 Å². The summed E-state index contributed by atoms with van der Waals surface area (Å²) >= 11 is 5.95. The molecule has 0 heterocycles. The molecule has 0 spiro atoms. The van der Waals surface area contributed by atoms with Crippen molar-refractivity contribution < 1.29 is 0 Å². The molecule has 0 radical (unpaired) electrons. The summed E-state index contributed by atoms with van der Waals surface area (Å²) in [5, 5.41) is 4.44. The van der Waals surface area contributed by atoms with Crippen molar-refractivity contribution in [2.24, 2.45) is 11.3 Å². The zero-order chi connectivity index (χ0) is 13.2. The molecule has 0 saturated heterocycles. The Balaban J connectivity index is 2.03. The van der Waals surface area contributed by atoms with E-state index in [1.54, 1.807) is 0 Å². The van der Waals surface area contributed by atoms with Crippen molar-refractivity contribution in [3.63, 3.8) is 0 Å². The molecule has 1 atom stereocenters. The predicted molar refractivity (Wildman–Crippen MR) is 79.1 cm³/mol. The van der Waals surface area contributed by atoms with Crippen LogP contribution >= 0.6 is 11.6 Å². The molecule has 2 rings (SSSR count). The van der Waals surface area contributed by atoms with Gasteiger partial charge in [-0.1, -0.05) is 44.5 Å². The molecule has 0 bridgehead atoms. The van der Waals surface area contributed by atoms with Gasteiger partial charge in [0.25, 0.3) is 0 Å². The normalized spacial score (nSPS) is 18.9. The second-order valence-electron chi connectivity index (χ2n) is 6.27. The molecular formula is C16H24ClN. The molecule has 1 aromatic carbocycles. The molecule has 1 fully saturated rings. The molecule has 1 unspecified atom stereocenters. The van der Waals surface area contributed by atoms with Crippen LogP contribution in [0.3, 0.4) is 0 Å². The summed E-state index contributed by atoms with van der Waals surface area (Å²) in [6.45, 7) is 7.97. The van der Waals surface area contributed by atoms with Crippen molar-refractivity contribution in [1.82, 2.24) is 5.32 Å². The zero-order valence-corrected chi connectivity index (χ0v) is 12.4. The van der Waals surface area contributed by atoms with E-state index in [2.05, 4.69) is 38.2 Å². The van der Waals surface area contributed by atoms with E-state index in [1.807, 2.05) is 12.1 Å². The molecular weight excluding hydrogens is 242 g/mol. The highest BCUT2D eigenvalue weighted by atomic mass is 35.5. The minimum atomic E-state index is 0.387. The van der Waals surface area contributed by atoms with Crippen LogP contribution in [0, 0.1) is 11.3 Å². The number of benzene rings is 1. The summed E-state index contributed by atoms with van der Waals surface area (Å²) in [5.74, 6) is 0.888. The third kappa shape index (κ3) is 3.73. The van der Waals surface area contributed by atoms with Crippen LogP contribution in [0.4, 0.5) is 0 Å². The van der Waals surface area contributed by atoms with E-state index in [0.717, 1.165) is 23.9 Å². The SMILES string of the molecule is CC(C)NCC(C)(Cc1ccc(Cl)cc1)C1CC1. The fourth-order valence-electron chi connectivity index (χ4n) is 2.64. The van der Waals surface area contributed by atoms with Gasteiger partial charge in [-0.05, 0) is 48.3 Å². The standard InChI is InChI=1S/C16H24ClN/c1-12(2)18-11-16(3,14-6-7-14)10-13-4-8-15(17)9-5-13/h4-5,8-9,12,14,18H,6-7,10-11H2,1-3H3. The quantitative estimate of drug-likeness (QED) is 0.809. The molecule has 1 aliphatic rings. The Morgan fingerprint density at radius 3 is 2.39 bits per heavy atom. The molecule has 100 valence electrons. The fraction of sp³-hybridized carbons (Fsp3) is 0.625. The maximum Gasteiger partial charge on any atom is 0.0406 e. The highest BCUT2D eigenvalue weighted by Gasteiger charge is 2.41. The molecule has 0 amide bonds. The first kappa shape index (κ1) is 13.9. The van der Waals surface area contributed by atoms with Gasteiger partial charge >= 0.3 is 0 Å². The van der Waals surface area contributed by atoms with E-state index < -0.39 is 0 Å². The maximum atomic E-state index is 5.95. The Morgan fingerprint density at radius 1 is 1.28 bits per heavy atom. The van der Waals surface area contributed by atoms with Crippen molar-refractivity contribution in [1.29, 1.82) is 0 Å². The van der Waals surface area contributed by atoms with E-state index in [9.17, 15) is 0 Å². The lowest BCUT2D eigenvalue weighted by molar-refractivity contribution is 0.248. The Kier molecular flexibility index (Phi) is 4.34. The average molecular weight is 266 g/mol. The van der Waals surface area contributed by atoms with Crippen molar-refractivity contribution in [3.05, 3.63) is 34.9 Å². The van der Waals surface area contributed by atoms with E-state index in [4.69, 9.17) is 11.6 Å². The molecule has 0 aromatic heterocycles. The maximum absolute atomic E-state index is 5.95. The lowest BCUT2D eigenvalue weighted by Gasteiger charge is -2.31. The number of hydrogen-bond donors (Lipinski definition) is 1. The van der Waals surface area contributed by atoms with Crippen LogP contribution in [-0.2, 0) is 6.42 Å². The summed E-state index contributed by atoms with van der Waals surface area (Å²) in [4.78, 5) is 0. The second-order valence-corrected chi connectivity index (χ2v) is 6.70. The predicted octanol–water partition coefficient (Wildman–Crippen LogP) is 4.30. The van der Waals surface area contributed by atoms with E-state index in [1.165, 1.54) is 18.4 Å². The number of nitrogens with one attached hydrogen (secondary N) is 1. The van der Waals surface area contributed by atoms with Crippen LogP contribution in [0.15, 0.2) is 24.3 Å². The molecule has 1 saturated carbocycles. The highest BCUT2D eigenvalue weighted by Crippen LogP contribution is 2.47. The third-order valence-corrected chi connectivity index (χ3v) is 4.25. The van der Waals surface area contributed by atoms with Crippen molar-refractivity contribution in [2.75, 3.05) is 6.54 Å². The zero-order valence-electron chi connectivity index (χ0n) is 11.7. The Hall–Kier alpha value is -0.530. The molecule has 2 heteroatoms.